The molecule has 1 aliphatic heterocycles. The first-order valence-electron chi connectivity index (χ1n) is 11.2. The van der Waals surface area contributed by atoms with E-state index in [1.165, 1.54) is 0 Å². The van der Waals surface area contributed by atoms with Crippen molar-refractivity contribution in [3.8, 4) is 11.5 Å². The zero-order chi connectivity index (χ0) is 23.3. The monoisotopic (exact) mass is 438 g/mol. The highest BCUT2D eigenvalue weighted by Gasteiger charge is 2.41. The van der Waals surface area contributed by atoms with Crippen LogP contribution in [0.25, 0.3) is 0 Å². The molecule has 3 rings (SSSR count). The number of nitrogens with zero attached hydrogens (tertiary/aromatic N) is 1. The SMILES string of the molecule is COc1ccc([C@H]2[C@@H](C(=O)NCCC(C)C)CCC(=O)N2c2ccc(C)cc2)cc1OC. The number of carbonyl (C=O) groups is 2. The van der Waals surface area contributed by atoms with Crippen LogP contribution in [0, 0.1) is 18.8 Å². The van der Waals surface area contributed by atoms with E-state index in [0.717, 1.165) is 23.2 Å². The third-order valence-corrected chi connectivity index (χ3v) is 6.02. The lowest BCUT2D eigenvalue weighted by Crippen LogP contribution is -2.48. The Hall–Kier alpha value is -3.02. The minimum atomic E-state index is -0.433. The van der Waals surface area contributed by atoms with Gasteiger partial charge in [0.25, 0.3) is 0 Å². The van der Waals surface area contributed by atoms with Crippen molar-refractivity contribution in [3.63, 3.8) is 0 Å². The normalized spacial score (nSPS) is 18.6. The molecule has 0 spiro atoms. The number of nitrogens with one attached hydrogen (secondary N) is 1. The molecule has 32 heavy (non-hydrogen) atoms. The van der Waals surface area contributed by atoms with Crippen molar-refractivity contribution < 1.29 is 19.1 Å². The summed E-state index contributed by atoms with van der Waals surface area (Å²) >= 11 is 0. The Labute approximate surface area is 190 Å². The van der Waals surface area contributed by atoms with Crippen LogP contribution in [0.1, 0.15) is 50.3 Å². The van der Waals surface area contributed by atoms with Crippen LogP contribution < -0.4 is 19.7 Å². The average Bonchev–Trinajstić information content (AvgIpc) is 2.78. The highest BCUT2D eigenvalue weighted by Crippen LogP contribution is 2.42. The van der Waals surface area contributed by atoms with Gasteiger partial charge in [-0.15, -0.1) is 0 Å². The van der Waals surface area contributed by atoms with Crippen LogP contribution in [0.4, 0.5) is 5.69 Å². The third-order valence-electron chi connectivity index (χ3n) is 6.02. The van der Waals surface area contributed by atoms with Gasteiger partial charge in [-0.3, -0.25) is 9.59 Å². The Balaban J connectivity index is 2.03. The zero-order valence-corrected chi connectivity index (χ0v) is 19.7. The highest BCUT2D eigenvalue weighted by atomic mass is 16.5. The molecule has 1 N–H and O–H groups in total. The molecule has 0 bridgehead atoms. The molecule has 1 aliphatic rings. The fourth-order valence-electron chi connectivity index (χ4n) is 4.21. The van der Waals surface area contributed by atoms with Gasteiger partial charge in [0, 0.05) is 18.7 Å². The Kier molecular flexibility index (Phi) is 7.78. The van der Waals surface area contributed by atoms with E-state index in [0.29, 0.717) is 36.8 Å². The van der Waals surface area contributed by atoms with E-state index >= 15 is 0 Å². The van der Waals surface area contributed by atoms with E-state index in [1.807, 2.05) is 49.4 Å². The highest BCUT2D eigenvalue weighted by molar-refractivity contribution is 5.97. The summed E-state index contributed by atoms with van der Waals surface area (Å²) in [7, 11) is 3.17. The topological polar surface area (TPSA) is 67.9 Å². The molecule has 6 heteroatoms. The first-order valence-corrected chi connectivity index (χ1v) is 11.2. The average molecular weight is 439 g/mol. The van der Waals surface area contributed by atoms with Crippen LogP contribution in [0.2, 0.25) is 0 Å². The fraction of sp³-hybridized carbons (Fsp3) is 0.462. The number of anilines is 1. The van der Waals surface area contributed by atoms with Crippen molar-refractivity contribution in [2.45, 2.75) is 46.1 Å². The van der Waals surface area contributed by atoms with Crippen molar-refractivity contribution in [1.29, 1.82) is 0 Å². The molecule has 0 saturated carbocycles. The van der Waals surface area contributed by atoms with Gasteiger partial charge in [-0.25, -0.2) is 0 Å². The van der Waals surface area contributed by atoms with Crippen LogP contribution in [0.3, 0.4) is 0 Å². The molecule has 1 saturated heterocycles. The largest absolute Gasteiger partial charge is 0.493 e. The van der Waals surface area contributed by atoms with Crippen molar-refractivity contribution in [1.82, 2.24) is 5.32 Å². The number of hydrogen-bond acceptors (Lipinski definition) is 4. The Bertz CT molecular complexity index is 939. The van der Waals surface area contributed by atoms with E-state index in [4.69, 9.17) is 9.47 Å². The minimum Gasteiger partial charge on any atom is -0.493 e. The van der Waals surface area contributed by atoms with Crippen molar-refractivity contribution in [2.24, 2.45) is 11.8 Å². The van der Waals surface area contributed by atoms with Gasteiger partial charge in [0.1, 0.15) is 0 Å². The molecule has 2 amide bonds. The number of benzene rings is 2. The van der Waals surface area contributed by atoms with E-state index in [-0.39, 0.29) is 17.7 Å². The summed E-state index contributed by atoms with van der Waals surface area (Å²) < 4.78 is 10.9. The quantitative estimate of drug-likeness (QED) is 0.651. The second-order valence-electron chi connectivity index (χ2n) is 8.78. The molecule has 1 fully saturated rings. The van der Waals surface area contributed by atoms with Gasteiger partial charge >= 0.3 is 0 Å². The summed E-state index contributed by atoms with van der Waals surface area (Å²) in [6, 6.07) is 13.0. The lowest BCUT2D eigenvalue weighted by molar-refractivity contribution is -0.129. The smallest absolute Gasteiger partial charge is 0.227 e. The Morgan fingerprint density at radius 3 is 2.41 bits per heavy atom. The lowest BCUT2D eigenvalue weighted by atomic mass is 9.83. The van der Waals surface area contributed by atoms with Gasteiger partial charge in [0.2, 0.25) is 11.8 Å². The van der Waals surface area contributed by atoms with Crippen molar-refractivity contribution in [3.05, 3.63) is 53.6 Å². The predicted octanol–water partition coefficient (Wildman–Crippen LogP) is 4.66. The van der Waals surface area contributed by atoms with Gasteiger partial charge in [0.15, 0.2) is 11.5 Å². The number of piperidine rings is 1. The third kappa shape index (κ3) is 5.23. The number of hydrogen-bond donors (Lipinski definition) is 1. The summed E-state index contributed by atoms with van der Waals surface area (Å²) in [6.45, 7) is 6.91. The number of amides is 2. The molecule has 6 nitrogen and oxygen atoms in total. The molecule has 0 aliphatic carbocycles. The van der Waals surface area contributed by atoms with E-state index < -0.39 is 6.04 Å². The first-order chi connectivity index (χ1) is 15.3. The molecule has 2 aromatic rings. The second-order valence-corrected chi connectivity index (χ2v) is 8.78. The molecule has 0 radical (unpaired) electrons. The molecule has 0 aromatic heterocycles. The van der Waals surface area contributed by atoms with Crippen LogP contribution >= 0.6 is 0 Å². The number of methoxy groups -OCH3 is 2. The lowest BCUT2D eigenvalue weighted by Gasteiger charge is -2.41. The molecule has 2 atom stereocenters. The molecule has 1 heterocycles. The first kappa shape index (κ1) is 23.6. The van der Waals surface area contributed by atoms with Crippen LogP contribution in [0.15, 0.2) is 42.5 Å². The standard InChI is InChI=1S/C26H34N2O4/c1-17(2)14-15-27-26(30)21-11-13-24(29)28(20-9-6-18(3)7-10-20)25(21)19-8-12-22(31-4)23(16-19)32-5/h6-10,12,16-17,21,25H,11,13-15H2,1-5H3,(H,27,30)/t21-,25-/m0/s1. The van der Waals surface area contributed by atoms with E-state index in [1.54, 1.807) is 19.1 Å². The van der Waals surface area contributed by atoms with Gasteiger partial charge in [-0.2, -0.15) is 0 Å². The molecule has 2 aromatic carbocycles. The summed E-state index contributed by atoms with van der Waals surface area (Å²) in [4.78, 5) is 28.2. The Morgan fingerprint density at radius 1 is 1.09 bits per heavy atom. The summed E-state index contributed by atoms with van der Waals surface area (Å²) in [5, 5.41) is 3.10. The van der Waals surface area contributed by atoms with Crippen LogP contribution in [-0.4, -0.2) is 32.6 Å². The maximum absolute atomic E-state index is 13.3. The Morgan fingerprint density at radius 2 is 1.78 bits per heavy atom. The molecular formula is C26H34N2O4. The predicted molar refractivity (Wildman–Crippen MR) is 126 cm³/mol. The van der Waals surface area contributed by atoms with Crippen LogP contribution in [-0.2, 0) is 9.59 Å². The van der Waals surface area contributed by atoms with Gasteiger partial charge in [-0.05, 0) is 55.5 Å². The maximum atomic E-state index is 13.3. The number of carbonyl (C=O) groups excluding carboxylic acids is 2. The van der Waals surface area contributed by atoms with Gasteiger partial charge in [-0.1, -0.05) is 37.6 Å². The number of rotatable bonds is 8. The van der Waals surface area contributed by atoms with E-state index in [9.17, 15) is 9.59 Å². The zero-order valence-electron chi connectivity index (χ0n) is 19.7. The number of aryl methyl sites for hydroxylation is 1. The maximum Gasteiger partial charge on any atom is 0.227 e. The van der Waals surface area contributed by atoms with Crippen molar-refractivity contribution >= 4 is 17.5 Å². The molecule has 0 unspecified atom stereocenters. The summed E-state index contributed by atoms with van der Waals surface area (Å²) in [5.74, 6) is 1.33. The van der Waals surface area contributed by atoms with E-state index in [2.05, 4.69) is 19.2 Å². The van der Waals surface area contributed by atoms with Gasteiger partial charge < -0.3 is 19.7 Å². The summed E-state index contributed by atoms with van der Waals surface area (Å²) in [5.41, 5.74) is 2.75. The van der Waals surface area contributed by atoms with Gasteiger partial charge in [0.05, 0.1) is 26.2 Å². The minimum absolute atomic E-state index is 0.0138. The second kappa shape index (κ2) is 10.5. The molecule has 172 valence electrons. The fourth-order valence-corrected chi connectivity index (χ4v) is 4.21. The molecular weight excluding hydrogens is 404 g/mol. The van der Waals surface area contributed by atoms with Crippen LogP contribution in [0.5, 0.6) is 11.5 Å². The van der Waals surface area contributed by atoms with Crippen molar-refractivity contribution in [2.75, 3.05) is 25.7 Å². The summed E-state index contributed by atoms with van der Waals surface area (Å²) in [6.07, 6.45) is 1.76. The number of ether oxygens (including phenoxy) is 2.